The highest BCUT2D eigenvalue weighted by atomic mass is 19.1. The van der Waals surface area contributed by atoms with Crippen LogP contribution in [0.5, 0.6) is 0 Å². The predicted molar refractivity (Wildman–Crippen MR) is 106 cm³/mol. The van der Waals surface area contributed by atoms with Crippen molar-refractivity contribution in [3.8, 4) is 0 Å². The molecule has 0 atom stereocenters. The van der Waals surface area contributed by atoms with E-state index in [9.17, 15) is 4.39 Å². The van der Waals surface area contributed by atoms with E-state index in [0.29, 0.717) is 41.5 Å². The summed E-state index contributed by atoms with van der Waals surface area (Å²) in [5.41, 5.74) is 6.62. The van der Waals surface area contributed by atoms with E-state index >= 15 is 0 Å². The van der Waals surface area contributed by atoms with Gasteiger partial charge in [0, 0.05) is 19.3 Å². The number of benzene rings is 1. The van der Waals surface area contributed by atoms with Crippen molar-refractivity contribution >= 4 is 17.5 Å². The standard InChI is InChI=1S/C19H27FN6/c1-5-10-22-14(4)23-18-17(11-21)25-19(26(18)12-13(2)3)24-16-9-7-6-8-15(16)20/h6-9,11,13,22H,4-5,10,12,21H2,1-3H3,(H,24,25)/b17-11+,23-18+. The van der Waals surface area contributed by atoms with E-state index < -0.39 is 0 Å². The second-order valence-corrected chi connectivity index (χ2v) is 6.41. The summed E-state index contributed by atoms with van der Waals surface area (Å²) in [6.07, 6.45) is 2.37. The van der Waals surface area contributed by atoms with Gasteiger partial charge >= 0.3 is 0 Å². The van der Waals surface area contributed by atoms with Crippen molar-refractivity contribution in [2.45, 2.75) is 27.2 Å². The minimum absolute atomic E-state index is 0.335. The van der Waals surface area contributed by atoms with Crippen LogP contribution in [0.15, 0.2) is 58.5 Å². The lowest BCUT2D eigenvalue weighted by Crippen LogP contribution is -2.39. The van der Waals surface area contributed by atoms with Crippen molar-refractivity contribution < 1.29 is 4.39 Å². The topological polar surface area (TPSA) is 78.0 Å². The number of nitrogens with zero attached hydrogens (tertiary/aromatic N) is 3. The maximum Gasteiger partial charge on any atom is 0.209 e. The quantitative estimate of drug-likeness (QED) is 0.699. The molecule has 0 saturated carbocycles. The highest BCUT2D eigenvalue weighted by Gasteiger charge is 2.29. The third-order valence-electron chi connectivity index (χ3n) is 3.61. The van der Waals surface area contributed by atoms with Gasteiger partial charge in [-0.25, -0.2) is 14.4 Å². The van der Waals surface area contributed by atoms with Crippen LogP contribution >= 0.6 is 0 Å². The Balaban J connectivity index is 2.33. The molecule has 0 saturated heterocycles. The van der Waals surface area contributed by atoms with Crippen molar-refractivity contribution in [2.24, 2.45) is 21.6 Å². The molecule has 6 nitrogen and oxygen atoms in total. The van der Waals surface area contributed by atoms with E-state index in [1.807, 2.05) is 4.90 Å². The van der Waals surface area contributed by atoms with Crippen molar-refractivity contribution in [1.29, 1.82) is 0 Å². The van der Waals surface area contributed by atoms with Gasteiger partial charge in [-0.15, -0.1) is 0 Å². The highest BCUT2D eigenvalue weighted by molar-refractivity contribution is 6.18. The van der Waals surface area contributed by atoms with Gasteiger partial charge in [-0.2, -0.15) is 0 Å². The molecule has 1 aromatic rings. The number of nitrogens with two attached hydrogens (primary N) is 1. The Kier molecular flexibility index (Phi) is 6.77. The number of amidine groups is 1. The summed E-state index contributed by atoms with van der Waals surface area (Å²) < 4.78 is 14.0. The fourth-order valence-electron chi connectivity index (χ4n) is 2.45. The second kappa shape index (κ2) is 9.03. The zero-order valence-electron chi connectivity index (χ0n) is 15.6. The average molecular weight is 358 g/mol. The van der Waals surface area contributed by atoms with Crippen LogP contribution in [-0.4, -0.2) is 29.8 Å². The first-order valence-corrected chi connectivity index (χ1v) is 8.77. The number of guanidine groups is 1. The summed E-state index contributed by atoms with van der Waals surface area (Å²) in [5, 5.41) is 6.19. The fraction of sp³-hybridized carbons (Fsp3) is 0.368. The number of nitrogens with one attached hydrogen (secondary N) is 2. The van der Waals surface area contributed by atoms with Gasteiger partial charge in [0.05, 0.1) is 5.69 Å². The van der Waals surface area contributed by atoms with Crippen molar-refractivity contribution in [3.63, 3.8) is 0 Å². The Morgan fingerprint density at radius 2 is 2.15 bits per heavy atom. The summed E-state index contributed by atoms with van der Waals surface area (Å²) in [4.78, 5) is 10.9. The number of rotatable bonds is 7. The zero-order chi connectivity index (χ0) is 19.1. The highest BCUT2D eigenvalue weighted by Crippen LogP contribution is 2.21. The van der Waals surface area contributed by atoms with Gasteiger partial charge in [0.25, 0.3) is 0 Å². The molecule has 0 radical (unpaired) electrons. The monoisotopic (exact) mass is 358 g/mol. The molecule has 0 bridgehead atoms. The zero-order valence-corrected chi connectivity index (χ0v) is 15.6. The van der Waals surface area contributed by atoms with Crippen LogP contribution in [0.2, 0.25) is 0 Å². The molecule has 7 heteroatoms. The molecule has 0 aromatic heterocycles. The molecule has 0 fully saturated rings. The summed E-state index contributed by atoms with van der Waals surface area (Å²) in [5.74, 6) is 1.60. The molecule has 0 aliphatic carbocycles. The largest absolute Gasteiger partial charge is 0.403 e. The fourth-order valence-corrected chi connectivity index (χ4v) is 2.45. The third kappa shape index (κ3) is 4.84. The molecule has 1 aliphatic rings. The molecule has 1 aromatic carbocycles. The normalized spacial score (nSPS) is 17.1. The van der Waals surface area contributed by atoms with Crippen molar-refractivity contribution in [3.05, 3.63) is 54.4 Å². The van der Waals surface area contributed by atoms with E-state index in [2.05, 4.69) is 48.0 Å². The first kappa shape index (κ1) is 19.5. The molecule has 0 unspecified atom stereocenters. The van der Waals surface area contributed by atoms with Crippen LogP contribution in [0, 0.1) is 11.7 Å². The molecule has 0 amide bonds. The molecule has 1 heterocycles. The summed E-state index contributed by atoms with van der Waals surface area (Å²) in [7, 11) is 0. The average Bonchev–Trinajstić information content (AvgIpc) is 2.91. The van der Waals surface area contributed by atoms with Crippen LogP contribution in [0.1, 0.15) is 27.2 Å². The number of anilines is 1. The number of aliphatic imine (C=N–C) groups is 2. The minimum atomic E-state index is -0.350. The SMILES string of the molecule is C=C(/N=C1\C(=C/N)N=C(Nc2ccccc2F)N1CC(C)C)NCCC. The molecule has 2 rings (SSSR count). The first-order chi connectivity index (χ1) is 12.5. The number of para-hydroxylation sites is 1. The van der Waals surface area contributed by atoms with Crippen molar-refractivity contribution in [2.75, 3.05) is 18.4 Å². The van der Waals surface area contributed by atoms with E-state index in [4.69, 9.17) is 5.73 Å². The van der Waals surface area contributed by atoms with Gasteiger partial charge in [-0.3, -0.25) is 4.90 Å². The Morgan fingerprint density at radius 3 is 2.77 bits per heavy atom. The number of hydrogen-bond donors (Lipinski definition) is 3. The maximum atomic E-state index is 14.0. The van der Waals surface area contributed by atoms with Crippen LogP contribution in [0.4, 0.5) is 10.1 Å². The van der Waals surface area contributed by atoms with Gasteiger partial charge in [-0.1, -0.05) is 39.5 Å². The van der Waals surface area contributed by atoms with E-state index in [1.54, 1.807) is 18.2 Å². The molecule has 26 heavy (non-hydrogen) atoms. The Morgan fingerprint density at radius 1 is 1.42 bits per heavy atom. The second-order valence-electron chi connectivity index (χ2n) is 6.41. The molecule has 4 N–H and O–H groups in total. The van der Waals surface area contributed by atoms with Crippen LogP contribution in [0.3, 0.4) is 0 Å². The first-order valence-electron chi connectivity index (χ1n) is 8.77. The van der Waals surface area contributed by atoms with Gasteiger partial charge < -0.3 is 16.4 Å². The lowest BCUT2D eigenvalue weighted by molar-refractivity contribution is 0.494. The van der Waals surface area contributed by atoms with E-state index in [0.717, 1.165) is 13.0 Å². The van der Waals surface area contributed by atoms with Gasteiger partial charge in [0.1, 0.15) is 17.3 Å². The van der Waals surface area contributed by atoms with E-state index in [1.165, 1.54) is 12.3 Å². The molecular weight excluding hydrogens is 331 g/mol. The maximum absolute atomic E-state index is 14.0. The van der Waals surface area contributed by atoms with Crippen molar-refractivity contribution in [1.82, 2.24) is 10.2 Å². The summed E-state index contributed by atoms with van der Waals surface area (Å²) >= 11 is 0. The van der Waals surface area contributed by atoms with Gasteiger partial charge in [0.2, 0.25) is 5.96 Å². The summed E-state index contributed by atoms with van der Waals surface area (Å²) in [6.45, 7) is 11.6. The summed E-state index contributed by atoms with van der Waals surface area (Å²) in [6, 6.07) is 6.47. The van der Waals surface area contributed by atoms with Gasteiger partial charge in [0.15, 0.2) is 5.84 Å². The molecular formula is C19H27FN6. The minimum Gasteiger partial charge on any atom is -0.403 e. The molecule has 0 spiro atoms. The van der Waals surface area contributed by atoms with Crippen LogP contribution in [-0.2, 0) is 0 Å². The van der Waals surface area contributed by atoms with Gasteiger partial charge in [-0.05, 0) is 24.5 Å². The lowest BCUT2D eigenvalue weighted by Gasteiger charge is -2.24. The van der Waals surface area contributed by atoms with Crippen LogP contribution < -0.4 is 16.4 Å². The van der Waals surface area contributed by atoms with Crippen LogP contribution in [0.25, 0.3) is 0 Å². The Labute approximate surface area is 154 Å². The Bertz CT molecular complexity index is 735. The lowest BCUT2D eigenvalue weighted by atomic mass is 10.2. The smallest absolute Gasteiger partial charge is 0.209 e. The number of hydrogen-bond acceptors (Lipinski definition) is 5. The Hall–Kier alpha value is -2.83. The van der Waals surface area contributed by atoms with E-state index in [-0.39, 0.29) is 5.82 Å². The third-order valence-corrected chi connectivity index (χ3v) is 3.61. The molecule has 140 valence electrons. The molecule has 1 aliphatic heterocycles. The predicted octanol–water partition coefficient (Wildman–Crippen LogP) is 3.23. The number of halogens is 1.